The molecule has 0 aliphatic heterocycles. The van der Waals surface area contributed by atoms with E-state index in [-0.39, 0.29) is 5.78 Å². The molecule has 24 heavy (non-hydrogen) atoms. The lowest BCUT2D eigenvalue weighted by atomic mass is 10.1. The average molecular weight is 326 g/mol. The number of nitrogens with one attached hydrogen (secondary N) is 2. The van der Waals surface area contributed by atoms with E-state index in [0.717, 1.165) is 0 Å². The van der Waals surface area contributed by atoms with Gasteiger partial charge in [0.1, 0.15) is 5.75 Å². The lowest BCUT2D eigenvalue weighted by Crippen LogP contribution is -2.29. The maximum atomic E-state index is 12.0. The number of carbonyl (C=O) groups excluding carboxylic acids is 3. The standard InChI is InChI=1S/C18H18N2O4/c1-3-24-16-10-5-4-9-15(16)20-18(23)17(22)19-14-8-6-7-13(11-14)12(2)21/h4-11H,3H2,1-2H3,(H,19,22)(H,20,23). The van der Waals surface area contributed by atoms with Crippen LogP contribution in [-0.4, -0.2) is 24.2 Å². The highest BCUT2D eigenvalue weighted by atomic mass is 16.5. The van der Waals surface area contributed by atoms with E-state index >= 15 is 0 Å². The Balaban J connectivity index is 2.06. The first-order valence-corrected chi connectivity index (χ1v) is 7.46. The third-order valence-electron chi connectivity index (χ3n) is 3.17. The van der Waals surface area contributed by atoms with Crippen LogP contribution in [0.3, 0.4) is 0 Å². The summed E-state index contributed by atoms with van der Waals surface area (Å²) in [6.45, 7) is 3.70. The van der Waals surface area contributed by atoms with Crippen molar-refractivity contribution in [3.8, 4) is 5.75 Å². The van der Waals surface area contributed by atoms with Crippen molar-refractivity contribution in [2.75, 3.05) is 17.2 Å². The zero-order chi connectivity index (χ0) is 17.5. The molecular formula is C18H18N2O4. The van der Waals surface area contributed by atoms with Crippen molar-refractivity contribution >= 4 is 29.0 Å². The zero-order valence-electron chi connectivity index (χ0n) is 13.5. The highest BCUT2D eigenvalue weighted by molar-refractivity contribution is 6.43. The Labute approximate surface area is 139 Å². The smallest absolute Gasteiger partial charge is 0.314 e. The van der Waals surface area contributed by atoms with Crippen molar-refractivity contribution in [3.05, 3.63) is 54.1 Å². The summed E-state index contributed by atoms with van der Waals surface area (Å²) < 4.78 is 5.39. The van der Waals surface area contributed by atoms with Crippen LogP contribution in [0.15, 0.2) is 48.5 Å². The van der Waals surface area contributed by atoms with Gasteiger partial charge in [0.25, 0.3) is 0 Å². The molecule has 6 heteroatoms. The van der Waals surface area contributed by atoms with Crippen LogP contribution in [0.2, 0.25) is 0 Å². The molecule has 2 aromatic rings. The van der Waals surface area contributed by atoms with Crippen molar-refractivity contribution in [1.82, 2.24) is 0 Å². The number of ether oxygens (including phenoxy) is 1. The number of para-hydroxylation sites is 2. The number of carbonyl (C=O) groups is 3. The Kier molecular flexibility index (Phi) is 5.68. The Morgan fingerprint density at radius 2 is 1.67 bits per heavy atom. The quantitative estimate of drug-likeness (QED) is 0.653. The number of anilines is 2. The van der Waals surface area contributed by atoms with Crippen LogP contribution in [-0.2, 0) is 9.59 Å². The minimum atomic E-state index is -0.831. The van der Waals surface area contributed by atoms with E-state index in [1.54, 1.807) is 42.5 Å². The number of Topliss-reactive ketones (excluding diaryl/α,β-unsaturated/α-hetero) is 1. The first-order valence-electron chi connectivity index (χ1n) is 7.46. The van der Waals surface area contributed by atoms with E-state index < -0.39 is 11.8 Å². The topological polar surface area (TPSA) is 84.5 Å². The highest BCUT2D eigenvalue weighted by Crippen LogP contribution is 2.23. The summed E-state index contributed by atoms with van der Waals surface area (Å²) in [4.78, 5) is 35.4. The Morgan fingerprint density at radius 1 is 0.958 bits per heavy atom. The molecule has 2 N–H and O–H groups in total. The molecule has 124 valence electrons. The molecule has 2 aromatic carbocycles. The van der Waals surface area contributed by atoms with Crippen LogP contribution in [0.25, 0.3) is 0 Å². The fraction of sp³-hybridized carbons (Fsp3) is 0.167. The summed E-state index contributed by atoms with van der Waals surface area (Å²) in [5.41, 5.74) is 1.24. The molecular weight excluding hydrogens is 308 g/mol. The van der Waals surface area contributed by atoms with Gasteiger partial charge in [0.15, 0.2) is 5.78 Å². The van der Waals surface area contributed by atoms with Crippen LogP contribution in [0.1, 0.15) is 24.2 Å². The van der Waals surface area contributed by atoms with Gasteiger partial charge in [-0.25, -0.2) is 0 Å². The van der Waals surface area contributed by atoms with Crippen LogP contribution < -0.4 is 15.4 Å². The van der Waals surface area contributed by atoms with E-state index in [4.69, 9.17) is 4.74 Å². The number of rotatable bonds is 5. The molecule has 0 bridgehead atoms. The molecule has 0 radical (unpaired) electrons. The van der Waals surface area contributed by atoms with Gasteiger partial charge in [0, 0.05) is 11.3 Å². The molecule has 0 spiro atoms. The van der Waals surface area contributed by atoms with E-state index in [1.807, 2.05) is 6.92 Å². The number of ketones is 1. The molecule has 0 unspecified atom stereocenters. The van der Waals surface area contributed by atoms with Gasteiger partial charge >= 0.3 is 11.8 Å². The van der Waals surface area contributed by atoms with E-state index in [9.17, 15) is 14.4 Å². The predicted octanol–water partition coefficient (Wildman–Crippen LogP) is 2.87. The van der Waals surface area contributed by atoms with Crippen LogP contribution in [0, 0.1) is 0 Å². The Hall–Kier alpha value is -3.15. The normalized spacial score (nSPS) is 9.92. The second kappa shape index (κ2) is 7.92. The first-order chi connectivity index (χ1) is 11.5. The SMILES string of the molecule is CCOc1ccccc1NC(=O)C(=O)Nc1cccc(C(C)=O)c1. The second-order valence-corrected chi connectivity index (χ2v) is 4.97. The van der Waals surface area contributed by atoms with Gasteiger partial charge in [-0.05, 0) is 38.1 Å². The van der Waals surface area contributed by atoms with Crippen LogP contribution in [0.4, 0.5) is 11.4 Å². The molecule has 0 aliphatic carbocycles. The minimum absolute atomic E-state index is 0.124. The van der Waals surface area contributed by atoms with Crippen LogP contribution in [0.5, 0.6) is 5.75 Å². The van der Waals surface area contributed by atoms with Gasteiger partial charge < -0.3 is 15.4 Å². The second-order valence-electron chi connectivity index (χ2n) is 4.97. The lowest BCUT2D eigenvalue weighted by molar-refractivity contribution is -0.133. The number of amides is 2. The maximum Gasteiger partial charge on any atom is 0.314 e. The number of benzene rings is 2. The van der Waals surface area contributed by atoms with Crippen molar-refractivity contribution < 1.29 is 19.1 Å². The van der Waals surface area contributed by atoms with E-state index in [2.05, 4.69) is 10.6 Å². The third-order valence-corrected chi connectivity index (χ3v) is 3.17. The van der Waals surface area contributed by atoms with E-state index in [1.165, 1.54) is 13.0 Å². The van der Waals surface area contributed by atoms with Gasteiger partial charge in [-0.1, -0.05) is 24.3 Å². The zero-order valence-corrected chi connectivity index (χ0v) is 13.5. The maximum absolute atomic E-state index is 12.0. The summed E-state index contributed by atoms with van der Waals surface area (Å²) in [6.07, 6.45) is 0. The third kappa shape index (κ3) is 4.42. The van der Waals surface area contributed by atoms with Gasteiger partial charge in [-0.3, -0.25) is 14.4 Å². The molecule has 0 aromatic heterocycles. The van der Waals surface area contributed by atoms with Gasteiger partial charge in [0.05, 0.1) is 12.3 Å². The van der Waals surface area contributed by atoms with Crippen molar-refractivity contribution in [2.24, 2.45) is 0 Å². The molecule has 0 heterocycles. The van der Waals surface area contributed by atoms with Crippen molar-refractivity contribution in [2.45, 2.75) is 13.8 Å². The number of hydrogen-bond acceptors (Lipinski definition) is 4. The first kappa shape index (κ1) is 17.2. The molecule has 6 nitrogen and oxygen atoms in total. The molecule has 2 amide bonds. The lowest BCUT2D eigenvalue weighted by Gasteiger charge is -2.11. The van der Waals surface area contributed by atoms with Crippen LogP contribution >= 0.6 is 0 Å². The van der Waals surface area contributed by atoms with E-state index in [0.29, 0.717) is 29.3 Å². The molecule has 0 atom stereocenters. The summed E-state index contributed by atoms with van der Waals surface area (Å²) in [5, 5.41) is 4.97. The largest absolute Gasteiger partial charge is 0.492 e. The summed E-state index contributed by atoms with van der Waals surface area (Å²) in [7, 11) is 0. The minimum Gasteiger partial charge on any atom is -0.492 e. The summed E-state index contributed by atoms with van der Waals surface area (Å²) in [5.74, 6) is -1.29. The Morgan fingerprint density at radius 3 is 2.38 bits per heavy atom. The van der Waals surface area contributed by atoms with Crippen molar-refractivity contribution in [3.63, 3.8) is 0 Å². The van der Waals surface area contributed by atoms with Gasteiger partial charge in [0.2, 0.25) is 0 Å². The Bertz CT molecular complexity index is 771. The van der Waals surface area contributed by atoms with Crippen molar-refractivity contribution in [1.29, 1.82) is 0 Å². The molecule has 0 saturated carbocycles. The summed E-state index contributed by atoms with van der Waals surface area (Å²) >= 11 is 0. The number of hydrogen-bond donors (Lipinski definition) is 2. The highest BCUT2D eigenvalue weighted by Gasteiger charge is 2.16. The average Bonchev–Trinajstić information content (AvgIpc) is 2.57. The molecule has 0 aliphatic rings. The molecule has 2 rings (SSSR count). The molecule has 0 fully saturated rings. The molecule has 0 saturated heterocycles. The fourth-order valence-electron chi connectivity index (χ4n) is 2.03. The van der Waals surface area contributed by atoms with Gasteiger partial charge in [-0.2, -0.15) is 0 Å². The predicted molar refractivity (Wildman–Crippen MR) is 91.3 cm³/mol. The summed E-state index contributed by atoms with van der Waals surface area (Å²) in [6, 6.07) is 13.2. The van der Waals surface area contributed by atoms with Gasteiger partial charge in [-0.15, -0.1) is 0 Å². The fourth-order valence-corrected chi connectivity index (χ4v) is 2.03. The monoisotopic (exact) mass is 326 g/mol.